The van der Waals surface area contributed by atoms with Crippen molar-refractivity contribution in [3.05, 3.63) is 42.7 Å². The molecule has 0 aliphatic heterocycles. The van der Waals surface area contributed by atoms with E-state index in [9.17, 15) is 0 Å². The predicted molar refractivity (Wildman–Crippen MR) is 90.4 cm³/mol. The van der Waals surface area contributed by atoms with Gasteiger partial charge in [-0.25, -0.2) is 4.98 Å². The maximum atomic E-state index is 5.43. The number of rotatable bonds is 6. The van der Waals surface area contributed by atoms with Gasteiger partial charge in [0.2, 0.25) is 0 Å². The highest BCUT2D eigenvalue weighted by molar-refractivity contribution is 9.11. The van der Waals surface area contributed by atoms with Crippen molar-refractivity contribution in [1.29, 1.82) is 0 Å². The van der Waals surface area contributed by atoms with E-state index in [1.54, 1.807) is 18.4 Å². The van der Waals surface area contributed by atoms with Gasteiger partial charge in [-0.3, -0.25) is 0 Å². The Morgan fingerprint density at radius 1 is 1.30 bits per heavy atom. The topological polar surface area (TPSA) is 34.2 Å². The summed E-state index contributed by atoms with van der Waals surface area (Å²) in [6.45, 7) is 3.66. The Kier molecular flexibility index (Phi) is 6.01. The van der Waals surface area contributed by atoms with E-state index in [1.165, 1.54) is 4.88 Å². The molecular formula is C14H16Br2N2OS. The largest absolute Gasteiger partial charge is 0.495 e. The fourth-order valence-corrected chi connectivity index (χ4v) is 4.18. The molecule has 0 saturated heterocycles. The lowest BCUT2D eigenvalue weighted by atomic mass is 10.2. The standard InChI is InChI=1S/C14H16Br2N2OS/c1-3-11-7-18-13(20-11)8-17-6-9-4-10(15)5-12(16)14(9)19-2/h4-5,7,17H,3,6,8H2,1-2H3. The predicted octanol–water partition coefficient (Wildman–Crippen LogP) is 4.53. The van der Waals surface area contributed by atoms with Crippen LogP contribution in [-0.4, -0.2) is 12.1 Å². The van der Waals surface area contributed by atoms with Crippen LogP contribution in [0.1, 0.15) is 22.4 Å². The molecule has 0 spiro atoms. The minimum atomic E-state index is 0.738. The van der Waals surface area contributed by atoms with Crippen molar-refractivity contribution in [2.45, 2.75) is 26.4 Å². The number of aromatic nitrogens is 1. The van der Waals surface area contributed by atoms with Crippen molar-refractivity contribution < 1.29 is 4.74 Å². The molecule has 2 aromatic rings. The Hall–Kier alpha value is -0.430. The molecule has 0 aliphatic carbocycles. The van der Waals surface area contributed by atoms with Crippen LogP contribution in [0.25, 0.3) is 0 Å². The average Bonchev–Trinajstić information content (AvgIpc) is 2.86. The van der Waals surface area contributed by atoms with E-state index in [-0.39, 0.29) is 0 Å². The molecule has 0 fully saturated rings. The molecule has 6 heteroatoms. The molecule has 0 radical (unpaired) electrons. The summed E-state index contributed by atoms with van der Waals surface area (Å²) >= 11 is 8.78. The summed E-state index contributed by atoms with van der Waals surface area (Å²) in [7, 11) is 1.69. The van der Waals surface area contributed by atoms with Crippen LogP contribution >= 0.6 is 43.2 Å². The number of hydrogen-bond donors (Lipinski definition) is 1. The molecule has 3 nitrogen and oxygen atoms in total. The summed E-state index contributed by atoms with van der Waals surface area (Å²) in [5, 5.41) is 4.53. The second-order valence-electron chi connectivity index (χ2n) is 4.26. The molecule has 0 saturated carbocycles. The fourth-order valence-electron chi connectivity index (χ4n) is 1.87. The minimum absolute atomic E-state index is 0.738. The Balaban J connectivity index is 2.00. The van der Waals surface area contributed by atoms with Crippen LogP contribution < -0.4 is 10.1 Å². The molecular weight excluding hydrogens is 404 g/mol. The van der Waals surface area contributed by atoms with Gasteiger partial charge in [0.05, 0.1) is 11.6 Å². The number of nitrogens with zero attached hydrogens (tertiary/aromatic N) is 1. The van der Waals surface area contributed by atoms with Gasteiger partial charge in [-0.15, -0.1) is 11.3 Å². The SMILES string of the molecule is CCc1cnc(CNCc2cc(Br)cc(Br)c2OC)s1. The first-order chi connectivity index (χ1) is 9.63. The zero-order valence-corrected chi connectivity index (χ0v) is 15.4. The molecule has 0 bridgehead atoms. The summed E-state index contributed by atoms with van der Waals surface area (Å²) in [6, 6.07) is 4.05. The molecule has 108 valence electrons. The van der Waals surface area contributed by atoms with Gasteiger partial charge in [0, 0.05) is 34.2 Å². The van der Waals surface area contributed by atoms with E-state index < -0.39 is 0 Å². The maximum Gasteiger partial charge on any atom is 0.137 e. The normalized spacial score (nSPS) is 10.8. The Morgan fingerprint density at radius 3 is 2.75 bits per heavy atom. The second kappa shape index (κ2) is 7.54. The lowest BCUT2D eigenvalue weighted by molar-refractivity contribution is 0.405. The number of aryl methyl sites for hydroxylation is 1. The zero-order chi connectivity index (χ0) is 14.5. The molecule has 0 aliphatic rings. The second-order valence-corrected chi connectivity index (χ2v) is 7.23. The van der Waals surface area contributed by atoms with Crippen LogP contribution in [0.4, 0.5) is 0 Å². The van der Waals surface area contributed by atoms with Crippen molar-refractivity contribution in [2.75, 3.05) is 7.11 Å². The van der Waals surface area contributed by atoms with Gasteiger partial charge in [-0.05, 0) is 34.5 Å². The van der Waals surface area contributed by atoms with Crippen molar-refractivity contribution >= 4 is 43.2 Å². The Morgan fingerprint density at radius 2 is 2.10 bits per heavy atom. The van der Waals surface area contributed by atoms with Gasteiger partial charge < -0.3 is 10.1 Å². The molecule has 1 heterocycles. The highest BCUT2D eigenvalue weighted by Gasteiger charge is 2.09. The highest BCUT2D eigenvalue weighted by Crippen LogP contribution is 2.32. The van der Waals surface area contributed by atoms with E-state index in [0.29, 0.717) is 0 Å². The van der Waals surface area contributed by atoms with Gasteiger partial charge in [0.1, 0.15) is 10.8 Å². The molecule has 1 N–H and O–H groups in total. The number of benzene rings is 1. The van der Waals surface area contributed by atoms with Crippen molar-refractivity contribution in [3.8, 4) is 5.75 Å². The molecule has 1 aromatic heterocycles. The van der Waals surface area contributed by atoms with Crippen LogP contribution in [0, 0.1) is 0 Å². The third-order valence-corrected chi connectivity index (χ3v) is 5.02. The van der Waals surface area contributed by atoms with Crippen LogP contribution in [0.5, 0.6) is 5.75 Å². The summed E-state index contributed by atoms with van der Waals surface area (Å²) in [6.07, 6.45) is 3.00. The highest BCUT2D eigenvalue weighted by atomic mass is 79.9. The summed E-state index contributed by atoms with van der Waals surface area (Å²) in [5.74, 6) is 0.870. The minimum Gasteiger partial charge on any atom is -0.495 e. The average molecular weight is 420 g/mol. The number of hydrogen-bond acceptors (Lipinski definition) is 4. The fraction of sp³-hybridized carbons (Fsp3) is 0.357. The summed E-state index contributed by atoms with van der Waals surface area (Å²) < 4.78 is 7.42. The molecule has 0 unspecified atom stereocenters. The number of methoxy groups -OCH3 is 1. The van der Waals surface area contributed by atoms with Gasteiger partial charge >= 0.3 is 0 Å². The van der Waals surface area contributed by atoms with E-state index in [4.69, 9.17) is 4.74 Å². The third-order valence-electron chi connectivity index (χ3n) is 2.83. The molecule has 1 aromatic carbocycles. The van der Waals surface area contributed by atoms with Crippen molar-refractivity contribution in [2.24, 2.45) is 0 Å². The summed E-state index contributed by atoms with van der Waals surface area (Å²) in [5.41, 5.74) is 1.11. The van der Waals surface area contributed by atoms with E-state index in [2.05, 4.69) is 55.2 Å². The smallest absolute Gasteiger partial charge is 0.137 e. The first-order valence-electron chi connectivity index (χ1n) is 6.30. The van der Waals surface area contributed by atoms with Gasteiger partial charge in [-0.2, -0.15) is 0 Å². The van der Waals surface area contributed by atoms with E-state index in [0.717, 1.165) is 44.8 Å². The van der Waals surface area contributed by atoms with Crippen LogP contribution in [0.15, 0.2) is 27.3 Å². The number of halogens is 2. The maximum absolute atomic E-state index is 5.43. The quantitative estimate of drug-likeness (QED) is 0.746. The van der Waals surface area contributed by atoms with E-state index in [1.807, 2.05) is 12.3 Å². The van der Waals surface area contributed by atoms with Gasteiger partial charge in [0.25, 0.3) is 0 Å². The van der Waals surface area contributed by atoms with Crippen LogP contribution in [0.3, 0.4) is 0 Å². The first kappa shape index (κ1) is 15.9. The molecule has 0 amide bonds. The molecule has 2 rings (SSSR count). The van der Waals surface area contributed by atoms with Gasteiger partial charge in [-0.1, -0.05) is 22.9 Å². The van der Waals surface area contributed by atoms with Gasteiger partial charge in [0.15, 0.2) is 0 Å². The number of ether oxygens (including phenoxy) is 1. The van der Waals surface area contributed by atoms with Crippen LogP contribution in [-0.2, 0) is 19.5 Å². The lowest BCUT2D eigenvalue weighted by Crippen LogP contribution is -2.13. The van der Waals surface area contributed by atoms with Crippen molar-refractivity contribution in [1.82, 2.24) is 10.3 Å². The zero-order valence-electron chi connectivity index (χ0n) is 11.4. The first-order valence-corrected chi connectivity index (χ1v) is 8.70. The van der Waals surface area contributed by atoms with E-state index >= 15 is 0 Å². The summed E-state index contributed by atoms with van der Waals surface area (Å²) in [4.78, 5) is 5.73. The monoisotopic (exact) mass is 418 g/mol. The Bertz CT molecular complexity index is 587. The lowest BCUT2D eigenvalue weighted by Gasteiger charge is -2.11. The molecule has 0 atom stereocenters. The number of nitrogens with one attached hydrogen (secondary N) is 1. The molecule has 20 heavy (non-hydrogen) atoms. The Labute approximate surface area is 140 Å². The van der Waals surface area contributed by atoms with Crippen molar-refractivity contribution in [3.63, 3.8) is 0 Å². The van der Waals surface area contributed by atoms with Crippen LogP contribution in [0.2, 0.25) is 0 Å². The number of thiazole rings is 1. The third kappa shape index (κ3) is 4.04.